The van der Waals surface area contributed by atoms with Crippen LogP contribution >= 0.6 is 0 Å². The largest absolute Gasteiger partial charge is 0.463 e. The Kier molecular flexibility index (Phi) is 40.0. The highest BCUT2D eigenvalue weighted by molar-refractivity contribution is 5.76. The monoisotopic (exact) mass is 825 g/mol. The maximum Gasteiger partial charge on any atom is 0.306 e. The molecule has 0 bridgehead atoms. The number of rotatable bonds is 43. The zero-order chi connectivity index (χ0) is 42.9. The molecule has 0 radical (unpaired) electrons. The lowest BCUT2D eigenvalue weighted by atomic mass is 10.1. The van der Waals surface area contributed by atoms with Crippen molar-refractivity contribution in [2.45, 2.75) is 239 Å². The smallest absolute Gasteiger partial charge is 0.306 e. The van der Waals surface area contributed by atoms with Gasteiger partial charge in [-0.1, -0.05) is 143 Å². The molecule has 0 aliphatic carbocycles. The number of unbranched alkanes of at least 4 members (excludes halogenated alkanes) is 21. The minimum Gasteiger partial charge on any atom is -0.463 e. The summed E-state index contributed by atoms with van der Waals surface area (Å²) in [5, 5.41) is 9.35. The second kappa shape index (κ2) is 41.5. The SMILES string of the molecule is CCCCCCCCC(C)OC(=O)CCCCCCC(=O)OC(COC(=O)CCCCCCC(=O)N(CCCCCCCC)CCCCCCCC)CN(C)CCO. The lowest BCUT2D eigenvalue weighted by Crippen LogP contribution is -2.37. The van der Waals surface area contributed by atoms with Crippen LogP contribution in [-0.2, 0) is 33.4 Å². The van der Waals surface area contributed by atoms with Crippen molar-refractivity contribution in [2.75, 3.05) is 46.4 Å². The van der Waals surface area contributed by atoms with Crippen molar-refractivity contribution in [3.8, 4) is 0 Å². The van der Waals surface area contributed by atoms with Crippen molar-refractivity contribution in [2.24, 2.45) is 0 Å². The molecule has 0 spiro atoms. The van der Waals surface area contributed by atoms with E-state index in [2.05, 4.69) is 25.7 Å². The van der Waals surface area contributed by atoms with Crippen molar-refractivity contribution < 1.29 is 38.5 Å². The molecule has 0 aromatic heterocycles. The molecule has 0 aliphatic heterocycles. The Balaban J connectivity index is 4.41. The zero-order valence-electron chi connectivity index (χ0n) is 38.5. The molecule has 0 saturated carbocycles. The van der Waals surface area contributed by atoms with E-state index < -0.39 is 6.10 Å². The number of esters is 3. The first kappa shape index (κ1) is 55.8. The molecule has 0 heterocycles. The van der Waals surface area contributed by atoms with Crippen molar-refractivity contribution in [3.63, 3.8) is 0 Å². The maximum absolute atomic E-state index is 13.1. The summed E-state index contributed by atoms with van der Waals surface area (Å²) in [5.41, 5.74) is 0. The van der Waals surface area contributed by atoms with E-state index in [0.29, 0.717) is 38.8 Å². The van der Waals surface area contributed by atoms with Gasteiger partial charge in [-0.3, -0.25) is 19.2 Å². The summed E-state index contributed by atoms with van der Waals surface area (Å²) in [6.45, 7) is 11.1. The van der Waals surface area contributed by atoms with Crippen LogP contribution in [0.15, 0.2) is 0 Å². The van der Waals surface area contributed by atoms with E-state index in [0.717, 1.165) is 77.3 Å². The van der Waals surface area contributed by atoms with Gasteiger partial charge < -0.3 is 29.1 Å². The molecule has 58 heavy (non-hydrogen) atoms. The molecule has 342 valence electrons. The third-order valence-electron chi connectivity index (χ3n) is 11.0. The van der Waals surface area contributed by atoms with Gasteiger partial charge in [0.25, 0.3) is 0 Å². The van der Waals surface area contributed by atoms with Crippen molar-refractivity contribution in [1.82, 2.24) is 9.80 Å². The summed E-state index contributed by atoms with van der Waals surface area (Å²) >= 11 is 0. The first-order valence-corrected chi connectivity index (χ1v) is 24.3. The molecule has 0 rings (SSSR count). The Hall–Kier alpha value is -2.20. The van der Waals surface area contributed by atoms with Gasteiger partial charge in [-0.25, -0.2) is 0 Å². The van der Waals surface area contributed by atoms with Gasteiger partial charge in [0.05, 0.1) is 12.7 Å². The van der Waals surface area contributed by atoms with Gasteiger partial charge in [0.15, 0.2) is 0 Å². The summed E-state index contributed by atoms with van der Waals surface area (Å²) < 4.78 is 16.8. The van der Waals surface area contributed by atoms with Crippen LogP contribution in [0.3, 0.4) is 0 Å². The second-order valence-corrected chi connectivity index (χ2v) is 16.9. The number of aliphatic hydroxyl groups excluding tert-OH is 1. The van der Waals surface area contributed by atoms with Gasteiger partial charge >= 0.3 is 17.9 Å². The number of ether oxygens (including phenoxy) is 3. The van der Waals surface area contributed by atoms with Crippen LogP contribution in [0, 0.1) is 0 Å². The number of carbonyl (C=O) groups excluding carboxylic acids is 4. The van der Waals surface area contributed by atoms with Gasteiger partial charge in [0.2, 0.25) is 5.91 Å². The fourth-order valence-electron chi connectivity index (χ4n) is 7.27. The number of carbonyl (C=O) groups is 4. The fraction of sp³-hybridized carbons (Fsp3) is 0.917. The number of hydrogen-bond acceptors (Lipinski definition) is 9. The molecule has 1 N–H and O–H groups in total. The summed E-state index contributed by atoms with van der Waals surface area (Å²) in [5.74, 6) is -0.530. The van der Waals surface area contributed by atoms with E-state index in [1.54, 1.807) is 0 Å². The summed E-state index contributed by atoms with van der Waals surface area (Å²) in [6.07, 6.45) is 30.1. The van der Waals surface area contributed by atoms with E-state index in [1.807, 2.05) is 18.9 Å². The Morgan fingerprint density at radius 2 is 0.914 bits per heavy atom. The van der Waals surface area contributed by atoms with Crippen LogP contribution < -0.4 is 0 Å². The number of likely N-dealkylation sites (N-methyl/N-ethyl adjacent to an activating group) is 1. The normalized spacial score (nSPS) is 12.4. The lowest BCUT2D eigenvalue weighted by Gasteiger charge is -2.23. The number of amides is 1. The van der Waals surface area contributed by atoms with Crippen molar-refractivity contribution in [3.05, 3.63) is 0 Å². The highest BCUT2D eigenvalue weighted by Crippen LogP contribution is 2.15. The van der Waals surface area contributed by atoms with Crippen LogP contribution in [0.4, 0.5) is 0 Å². The van der Waals surface area contributed by atoms with Crippen LogP contribution in [0.25, 0.3) is 0 Å². The van der Waals surface area contributed by atoms with E-state index in [4.69, 9.17) is 14.2 Å². The van der Waals surface area contributed by atoms with E-state index in [1.165, 1.54) is 96.3 Å². The topological polar surface area (TPSA) is 123 Å². The summed E-state index contributed by atoms with van der Waals surface area (Å²) in [6, 6.07) is 0. The van der Waals surface area contributed by atoms with Crippen LogP contribution in [0.5, 0.6) is 0 Å². The predicted molar refractivity (Wildman–Crippen MR) is 238 cm³/mol. The van der Waals surface area contributed by atoms with Gasteiger partial charge in [0, 0.05) is 51.9 Å². The second-order valence-electron chi connectivity index (χ2n) is 16.9. The highest BCUT2D eigenvalue weighted by Gasteiger charge is 2.19. The first-order chi connectivity index (χ1) is 28.2. The third kappa shape index (κ3) is 36.8. The zero-order valence-corrected chi connectivity index (χ0v) is 38.5. The molecule has 0 aliphatic rings. The van der Waals surface area contributed by atoms with Crippen LogP contribution in [0.2, 0.25) is 0 Å². The van der Waals surface area contributed by atoms with Crippen LogP contribution in [-0.4, -0.2) is 97.4 Å². The summed E-state index contributed by atoms with van der Waals surface area (Å²) in [4.78, 5) is 54.6. The highest BCUT2D eigenvalue weighted by atomic mass is 16.6. The number of nitrogens with zero attached hydrogens (tertiary/aromatic N) is 2. The minimum absolute atomic E-state index is 0.0234. The standard InChI is InChI=1S/C48H92N2O8/c1-6-9-12-15-18-25-32-43(4)57-47(54)35-28-21-22-29-36-48(55)58-44(41-49(5)39-40-51)42-56-46(53)34-27-20-19-26-33-45(52)50(37-30-23-16-13-10-7-2)38-31-24-17-14-11-8-3/h43-44,51H,6-42H2,1-5H3. The van der Waals surface area contributed by atoms with Crippen molar-refractivity contribution in [1.29, 1.82) is 0 Å². The molecular formula is C48H92N2O8. The molecule has 1 amide bonds. The summed E-state index contributed by atoms with van der Waals surface area (Å²) in [7, 11) is 1.83. The van der Waals surface area contributed by atoms with E-state index >= 15 is 0 Å². The quantitative estimate of drug-likeness (QED) is 0.0364. The molecule has 0 aromatic rings. The van der Waals surface area contributed by atoms with Gasteiger partial charge in [-0.2, -0.15) is 0 Å². The average molecular weight is 825 g/mol. The fourth-order valence-corrected chi connectivity index (χ4v) is 7.27. The molecule has 0 saturated heterocycles. The Bertz CT molecular complexity index is 963. The predicted octanol–water partition coefficient (Wildman–Crippen LogP) is 11.3. The Labute approximate surface area is 356 Å². The Morgan fingerprint density at radius 1 is 0.500 bits per heavy atom. The lowest BCUT2D eigenvalue weighted by molar-refractivity contribution is -0.160. The molecular weight excluding hydrogens is 733 g/mol. The average Bonchev–Trinajstić information content (AvgIpc) is 3.19. The van der Waals surface area contributed by atoms with Crippen molar-refractivity contribution >= 4 is 23.8 Å². The van der Waals surface area contributed by atoms with Gasteiger partial charge in [-0.05, 0) is 65.3 Å². The molecule has 10 nitrogen and oxygen atoms in total. The molecule has 2 unspecified atom stereocenters. The van der Waals surface area contributed by atoms with Crippen LogP contribution in [0.1, 0.15) is 227 Å². The first-order valence-electron chi connectivity index (χ1n) is 24.3. The molecule has 0 aromatic carbocycles. The molecule has 2 atom stereocenters. The Morgan fingerprint density at radius 3 is 1.41 bits per heavy atom. The molecule has 0 fully saturated rings. The van der Waals surface area contributed by atoms with E-state index in [-0.39, 0.29) is 56.0 Å². The number of hydrogen-bond donors (Lipinski definition) is 1. The maximum atomic E-state index is 13.1. The number of aliphatic hydroxyl groups is 1. The van der Waals surface area contributed by atoms with E-state index in [9.17, 15) is 24.3 Å². The van der Waals surface area contributed by atoms with Gasteiger partial charge in [-0.15, -0.1) is 0 Å². The minimum atomic E-state index is -0.622. The van der Waals surface area contributed by atoms with Gasteiger partial charge in [0.1, 0.15) is 12.7 Å². The third-order valence-corrected chi connectivity index (χ3v) is 11.0. The molecule has 10 heteroatoms.